The number of nitrogens with one attached hydrogen (secondary N) is 1. The molecule has 0 aromatic heterocycles. The van der Waals surface area contributed by atoms with Crippen molar-refractivity contribution in [1.29, 1.82) is 0 Å². The maximum absolute atomic E-state index is 11.7. The van der Waals surface area contributed by atoms with Crippen LogP contribution < -0.4 is 15.0 Å². The van der Waals surface area contributed by atoms with Crippen LogP contribution in [0.15, 0.2) is 54.6 Å². The number of likely N-dealkylation sites (N-methyl/N-ethyl adjacent to an activating group) is 1. The molecule has 1 amide bonds. The van der Waals surface area contributed by atoms with Crippen LogP contribution in [-0.4, -0.2) is 44.4 Å². The molecule has 2 N–H and O–H groups in total. The lowest BCUT2D eigenvalue weighted by Crippen LogP contribution is -2.26. The standard InChI is InChI=1S/C18H22N2O3/c1-20(16-5-3-2-4-6-16)12-14-23-17-9-7-15(8-10-17)18(22)19-11-13-21/h2-10,21H,11-14H2,1H3,(H,19,22). The van der Waals surface area contributed by atoms with E-state index in [9.17, 15) is 4.79 Å². The van der Waals surface area contributed by atoms with Gasteiger partial charge in [-0.05, 0) is 36.4 Å². The zero-order valence-electron chi connectivity index (χ0n) is 13.2. The molecular weight excluding hydrogens is 292 g/mol. The van der Waals surface area contributed by atoms with Crippen LogP contribution in [0, 0.1) is 0 Å². The van der Waals surface area contributed by atoms with Gasteiger partial charge in [0.1, 0.15) is 12.4 Å². The number of hydrogen-bond acceptors (Lipinski definition) is 4. The molecule has 0 bridgehead atoms. The molecular formula is C18H22N2O3. The monoisotopic (exact) mass is 314 g/mol. The number of carbonyl (C=O) groups is 1. The zero-order chi connectivity index (χ0) is 16.5. The van der Waals surface area contributed by atoms with Crippen LogP contribution in [0.4, 0.5) is 5.69 Å². The van der Waals surface area contributed by atoms with Crippen molar-refractivity contribution in [1.82, 2.24) is 5.32 Å². The van der Waals surface area contributed by atoms with Gasteiger partial charge in [0.15, 0.2) is 0 Å². The molecule has 2 aromatic carbocycles. The normalized spacial score (nSPS) is 10.2. The van der Waals surface area contributed by atoms with E-state index in [-0.39, 0.29) is 19.1 Å². The summed E-state index contributed by atoms with van der Waals surface area (Å²) in [6.07, 6.45) is 0. The van der Waals surface area contributed by atoms with Crippen LogP contribution in [0.1, 0.15) is 10.4 Å². The predicted molar refractivity (Wildman–Crippen MR) is 91.1 cm³/mol. The van der Waals surface area contributed by atoms with Crippen molar-refractivity contribution in [2.24, 2.45) is 0 Å². The first-order valence-electron chi connectivity index (χ1n) is 7.59. The summed E-state index contributed by atoms with van der Waals surface area (Å²) in [5.74, 6) is 0.527. The molecule has 0 fully saturated rings. The second kappa shape index (κ2) is 8.80. The van der Waals surface area contributed by atoms with Crippen LogP contribution in [-0.2, 0) is 0 Å². The van der Waals surface area contributed by atoms with Gasteiger partial charge in [-0.1, -0.05) is 18.2 Å². The lowest BCUT2D eigenvalue weighted by Gasteiger charge is -2.19. The summed E-state index contributed by atoms with van der Waals surface area (Å²) >= 11 is 0. The Morgan fingerprint density at radius 2 is 1.83 bits per heavy atom. The average molecular weight is 314 g/mol. The highest BCUT2D eigenvalue weighted by atomic mass is 16.5. The fourth-order valence-electron chi connectivity index (χ4n) is 2.09. The van der Waals surface area contributed by atoms with Crippen LogP contribution in [0.2, 0.25) is 0 Å². The highest BCUT2D eigenvalue weighted by Crippen LogP contribution is 2.13. The van der Waals surface area contributed by atoms with E-state index in [0.717, 1.165) is 18.0 Å². The Morgan fingerprint density at radius 3 is 2.48 bits per heavy atom. The summed E-state index contributed by atoms with van der Waals surface area (Å²) < 4.78 is 5.70. The molecule has 122 valence electrons. The van der Waals surface area contributed by atoms with E-state index in [2.05, 4.69) is 22.3 Å². The summed E-state index contributed by atoms with van der Waals surface area (Å²) in [5.41, 5.74) is 1.69. The topological polar surface area (TPSA) is 61.8 Å². The lowest BCUT2D eigenvalue weighted by molar-refractivity contribution is 0.0944. The fourth-order valence-corrected chi connectivity index (χ4v) is 2.09. The van der Waals surface area contributed by atoms with Crippen molar-refractivity contribution in [2.75, 3.05) is 38.3 Å². The highest BCUT2D eigenvalue weighted by molar-refractivity contribution is 5.94. The Hall–Kier alpha value is -2.53. The molecule has 0 heterocycles. The van der Waals surface area contributed by atoms with E-state index in [0.29, 0.717) is 12.2 Å². The van der Waals surface area contributed by atoms with Gasteiger partial charge in [-0.3, -0.25) is 4.79 Å². The Balaban J connectivity index is 1.79. The van der Waals surface area contributed by atoms with Gasteiger partial charge in [-0.25, -0.2) is 0 Å². The molecule has 0 saturated heterocycles. The van der Waals surface area contributed by atoms with Gasteiger partial charge >= 0.3 is 0 Å². The Bertz CT molecular complexity index is 599. The van der Waals surface area contributed by atoms with E-state index >= 15 is 0 Å². The third-order valence-electron chi connectivity index (χ3n) is 3.41. The Labute approximate surface area is 136 Å². The first-order valence-corrected chi connectivity index (χ1v) is 7.59. The smallest absolute Gasteiger partial charge is 0.251 e. The molecule has 0 aliphatic rings. The molecule has 5 nitrogen and oxygen atoms in total. The minimum Gasteiger partial charge on any atom is -0.492 e. The van der Waals surface area contributed by atoms with Crippen LogP contribution >= 0.6 is 0 Å². The quantitative estimate of drug-likeness (QED) is 0.781. The molecule has 2 aromatic rings. The van der Waals surface area contributed by atoms with Crippen molar-refractivity contribution >= 4 is 11.6 Å². The molecule has 5 heteroatoms. The number of carbonyl (C=O) groups excluding carboxylic acids is 1. The first-order chi connectivity index (χ1) is 11.2. The molecule has 0 atom stereocenters. The summed E-state index contributed by atoms with van der Waals surface area (Å²) in [6, 6.07) is 17.1. The Morgan fingerprint density at radius 1 is 1.13 bits per heavy atom. The number of hydrogen-bond donors (Lipinski definition) is 2. The number of amides is 1. The number of rotatable bonds is 8. The van der Waals surface area contributed by atoms with Crippen LogP contribution in [0.3, 0.4) is 0 Å². The summed E-state index contributed by atoms with van der Waals surface area (Å²) in [4.78, 5) is 13.8. The second-order valence-corrected chi connectivity index (χ2v) is 5.11. The van der Waals surface area contributed by atoms with E-state index in [1.165, 1.54) is 0 Å². The first kappa shape index (κ1) is 16.8. The van der Waals surface area contributed by atoms with Gasteiger partial charge < -0.3 is 20.1 Å². The molecule has 23 heavy (non-hydrogen) atoms. The number of aliphatic hydroxyl groups excluding tert-OH is 1. The SMILES string of the molecule is CN(CCOc1ccc(C(=O)NCCO)cc1)c1ccccc1. The lowest BCUT2D eigenvalue weighted by atomic mass is 10.2. The molecule has 0 saturated carbocycles. The highest BCUT2D eigenvalue weighted by Gasteiger charge is 2.05. The maximum Gasteiger partial charge on any atom is 0.251 e. The average Bonchev–Trinajstić information content (AvgIpc) is 2.61. The molecule has 0 aliphatic heterocycles. The number of anilines is 1. The molecule has 0 unspecified atom stereocenters. The zero-order valence-corrected chi connectivity index (χ0v) is 13.2. The molecule has 0 aliphatic carbocycles. The number of para-hydroxylation sites is 1. The van der Waals surface area contributed by atoms with Gasteiger partial charge in [-0.15, -0.1) is 0 Å². The van der Waals surface area contributed by atoms with Gasteiger partial charge in [0.05, 0.1) is 13.2 Å². The van der Waals surface area contributed by atoms with E-state index in [1.807, 2.05) is 25.2 Å². The van der Waals surface area contributed by atoms with Crippen molar-refractivity contribution in [3.63, 3.8) is 0 Å². The van der Waals surface area contributed by atoms with Gasteiger partial charge in [-0.2, -0.15) is 0 Å². The van der Waals surface area contributed by atoms with Gasteiger partial charge in [0.25, 0.3) is 5.91 Å². The summed E-state index contributed by atoms with van der Waals surface area (Å²) in [5, 5.41) is 11.3. The van der Waals surface area contributed by atoms with E-state index in [4.69, 9.17) is 9.84 Å². The predicted octanol–water partition coefficient (Wildman–Crippen LogP) is 1.92. The number of ether oxygens (including phenoxy) is 1. The van der Waals surface area contributed by atoms with E-state index < -0.39 is 0 Å². The van der Waals surface area contributed by atoms with Crippen molar-refractivity contribution in [3.05, 3.63) is 60.2 Å². The van der Waals surface area contributed by atoms with Crippen LogP contribution in [0.5, 0.6) is 5.75 Å². The van der Waals surface area contributed by atoms with Gasteiger partial charge in [0.2, 0.25) is 0 Å². The molecule has 2 rings (SSSR count). The number of nitrogens with zero attached hydrogens (tertiary/aromatic N) is 1. The Kier molecular flexibility index (Phi) is 6.44. The summed E-state index contributed by atoms with van der Waals surface area (Å²) in [6.45, 7) is 1.51. The molecule has 0 spiro atoms. The van der Waals surface area contributed by atoms with Crippen molar-refractivity contribution < 1.29 is 14.6 Å². The number of benzene rings is 2. The van der Waals surface area contributed by atoms with E-state index in [1.54, 1.807) is 24.3 Å². The maximum atomic E-state index is 11.7. The minimum absolute atomic E-state index is 0.0676. The number of aliphatic hydroxyl groups is 1. The summed E-state index contributed by atoms with van der Waals surface area (Å²) in [7, 11) is 2.02. The minimum atomic E-state index is -0.200. The van der Waals surface area contributed by atoms with Crippen molar-refractivity contribution in [2.45, 2.75) is 0 Å². The largest absolute Gasteiger partial charge is 0.492 e. The third kappa shape index (κ3) is 5.30. The van der Waals surface area contributed by atoms with Gasteiger partial charge in [0, 0.05) is 24.8 Å². The fraction of sp³-hybridized carbons (Fsp3) is 0.278. The molecule has 0 radical (unpaired) electrons. The van der Waals surface area contributed by atoms with Crippen molar-refractivity contribution in [3.8, 4) is 5.75 Å². The third-order valence-corrected chi connectivity index (χ3v) is 3.41. The second-order valence-electron chi connectivity index (χ2n) is 5.11. The van der Waals surface area contributed by atoms with Crippen LogP contribution in [0.25, 0.3) is 0 Å².